The number of hydrogen-bond acceptors (Lipinski definition) is 3. The predicted molar refractivity (Wildman–Crippen MR) is 86.2 cm³/mol. The van der Waals surface area contributed by atoms with Crippen LogP contribution in [0.2, 0.25) is 0 Å². The summed E-state index contributed by atoms with van der Waals surface area (Å²) in [6, 6.07) is 10.9. The van der Waals surface area contributed by atoms with Crippen LogP contribution in [0.3, 0.4) is 0 Å². The molecule has 0 aromatic heterocycles. The minimum Gasteiger partial charge on any atom is -0.384 e. The molecule has 1 aromatic rings. The molecule has 0 radical (unpaired) electrons. The number of benzene rings is 1. The molecular formula is C18H28N2O. The second-order valence-corrected chi connectivity index (χ2v) is 6.79. The second-order valence-electron chi connectivity index (χ2n) is 6.79. The van der Waals surface area contributed by atoms with Crippen LogP contribution in [0.5, 0.6) is 0 Å². The number of rotatable bonds is 5. The molecule has 2 atom stereocenters. The first-order chi connectivity index (χ1) is 10.3. The van der Waals surface area contributed by atoms with Gasteiger partial charge in [0.25, 0.3) is 0 Å². The van der Waals surface area contributed by atoms with E-state index in [9.17, 15) is 0 Å². The molecule has 2 aliphatic heterocycles. The van der Waals surface area contributed by atoms with Crippen LogP contribution in [0.1, 0.15) is 18.9 Å². The Morgan fingerprint density at radius 3 is 2.67 bits per heavy atom. The zero-order valence-corrected chi connectivity index (χ0v) is 13.4. The van der Waals surface area contributed by atoms with Crippen molar-refractivity contribution in [3.63, 3.8) is 0 Å². The smallest absolute Gasteiger partial charge is 0.0509 e. The first-order valence-corrected chi connectivity index (χ1v) is 8.23. The van der Waals surface area contributed by atoms with Gasteiger partial charge in [-0.1, -0.05) is 37.3 Å². The quantitative estimate of drug-likeness (QED) is 0.828. The molecule has 0 bridgehead atoms. The Morgan fingerprint density at radius 1 is 1.19 bits per heavy atom. The van der Waals surface area contributed by atoms with E-state index in [1.165, 1.54) is 44.7 Å². The van der Waals surface area contributed by atoms with Crippen molar-refractivity contribution in [3.05, 3.63) is 35.9 Å². The van der Waals surface area contributed by atoms with E-state index in [1.807, 2.05) is 7.11 Å². The number of likely N-dealkylation sites (tertiary alicyclic amines) is 2. The molecule has 2 heterocycles. The lowest BCUT2D eigenvalue weighted by atomic mass is 9.77. The lowest BCUT2D eigenvalue weighted by Crippen LogP contribution is -2.36. The van der Waals surface area contributed by atoms with E-state index in [2.05, 4.69) is 47.1 Å². The normalized spacial score (nSPS) is 30.5. The zero-order chi connectivity index (χ0) is 14.7. The van der Waals surface area contributed by atoms with Crippen molar-refractivity contribution < 1.29 is 4.74 Å². The minimum absolute atomic E-state index is 0.459. The molecule has 3 rings (SSSR count). The van der Waals surface area contributed by atoms with Crippen LogP contribution in [0.25, 0.3) is 0 Å². The summed E-state index contributed by atoms with van der Waals surface area (Å²) in [5.74, 6) is 0.697. The third-order valence-corrected chi connectivity index (χ3v) is 5.41. The summed E-state index contributed by atoms with van der Waals surface area (Å²) in [6.45, 7) is 10.4. The maximum absolute atomic E-state index is 5.51. The first-order valence-electron chi connectivity index (χ1n) is 8.23. The average Bonchev–Trinajstić information content (AvgIpc) is 3.06. The molecule has 2 aliphatic rings. The predicted octanol–water partition coefficient (Wildman–Crippen LogP) is 2.48. The molecule has 2 saturated heterocycles. The van der Waals surface area contributed by atoms with E-state index < -0.39 is 0 Å². The van der Waals surface area contributed by atoms with Crippen LogP contribution < -0.4 is 0 Å². The Bertz CT molecular complexity index is 450. The van der Waals surface area contributed by atoms with Gasteiger partial charge in [0, 0.05) is 44.6 Å². The van der Waals surface area contributed by atoms with Crippen molar-refractivity contribution in [2.45, 2.75) is 19.9 Å². The molecule has 1 spiro atoms. The van der Waals surface area contributed by atoms with Crippen molar-refractivity contribution in [1.82, 2.24) is 9.80 Å². The van der Waals surface area contributed by atoms with Gasteiger partial charge in [-0.25, -0.2) is 0 Å². The Labute approximate surface area is 128 Å². The van der Waals surface area contributed by atoms with Gasteiger partial charge in [-0.3, -0.25) is 4.90 Å². The summed E-state index contributed by atoms with van der Waals surface area (Å²) in [7, 11) is 1.85. The molecule has 0 unspecified atom stereocenters. The molecule has 0 saturated carbocycles. The van der Waals surface area contributed by atoms with E-state index in [-0.39, 0.29) is 0 Å². The highest BCUT2D eigenvalue weighted by atomic mass is 16.5. The SMILES string of the molecule is CCN1C[C@H](COC)[C@]2(CCN(Cc3ccccc3)C2)C1. The minimum atomic E-state index is 0.459. The number of methoxy groups -OCH3 is 1. The van der Waals surface area contributed by atoms with Gasteiger partial charge in [-0.2, -0.15) is 0 Å². The molecule has 0 aliphatic carbocycles. The number of ether oxygens (including phenoxy) is 1. The summed E-state index contributed by atoms with van der Waals surface area (Å²) in [5.41, 5.74) is 1.89. The zero-order valence-electron chi connectivity index (χ0n) is 13.4. The van der Waals surface area contributed by atoms with Gasteiger partial charge < -0.3 is 9.64 Å². The maximum Gasteiger partial charge on any atom is 0.0509 e. The molecule has 116 valence electrons. The van der Waals surface area contributed by atoms with Gasteiger partial charge in [-0.05, 0) is 25.1 Å². The molecule has 3 heteroatoms. The second kappa shape index (κ2) is 6.47. The van der Waals surface area contributed by atoms with Gasteiger partial charge >= 0.3 is 0 Å². The molecule has 0 N–H and O–H groups in total. The van der Waals surface area contributed by atoms with E-state index >= 15 is 0 Å². The number of nitrogens with zero attached hydrogens (tertiary/aromatic N) is 2. The Hall–Kier alpha value is -0.900. The van der Waals surface area contributed by atoms with Crippen LogP contribution in [0.15, 0.2) is 30.3 Å². The van der Waals surface area contributed by atoms with Gasteiger partial charge in [-0.15, -0.1) is 0 Å². The van der Waals surface area contributed by atoms with E-state index in [0.29, 0.717) is 11.3 Å². The van der Waals surface area contributed by atoms with Crippen molar-refractivity contribution in [2.24, 2.45) is 11.3 Å². The molecule has 3 nitrogen and oxygen atoms in total. The molecule has 2 fully saturated rings. The van der Waals surface area contributed by atoms with Crippen molar-refractivity contribution in [1.29, 1.82) is 0 Å². The molecule has 0 amide bonds. The highest BCUT2D eigenvalue weighted by Crippen LogP contribution is 2.44. The topological polar surface area (TPSA) is 15.7 Å². The summed E-state index contributed by atoms with van der Waals surface area (Å²) in [5, 5.41) is 0. The fourth-order valence-corrected chi connectivity index (χ4v) is 4.24. The van der Waals surface area contributed by atoms with Crippen LogP contribution >= 0.6 is 0 Å². The van der Waals surface area contributed by atoms with Crippen LogP contribution in [-0.2, 0) is 11.3 Å². The largest absolute Gasteiger partial charge is 0.384 e. The molecular weight excluding hydrogens is 260 g/mol. The summed E-state index contributed by atoms with van der Waals surface area (Å²) >= 11 is 0. The van der Waals surface area contributed by atoms with Gasteiger partial charge in [0.1, 0.15) is 0 Å². The highest BCUT2D eigenvalue weighted by Gasteiger charge is 2.49. The van der Waals surface area contributed by atoms with Crippen molar-refractivity contribution in [2.75, 3.05) is 46.4 Å². The fraction of sp³-hybridized carbons (Fsp3) is 0.667. The standard InChI is InChI=1S/C18H28N2O/c1-3-19-12-17(13-21-2)18(14-19)9-10-20(15-18)11-16-7-5-4-6-8-16/h4-8,17H,3,9-15H2,1-2H3/t17-,18-/m1/s1. The average molecular weight is 288 g/mol. The molecule has 21 heavy (non-hydrogen) atoms. The monoisotopic (exact) mass is 288 g/mol. The number of hydrogen-bond donors (Lipinski definition) is 0. The summed E-state index contributed by atoms with van der Waals surface area (Å²) in [4.78, 5) is 5.24. The van der Waals surface area contributed by atoms with Gasteiger partial charge in [0.15, 0.2) is 0 Å². The van der Waals surface area contributed by atoms with Crippen LogP contribution in [0.4, 0.5) is 0 Å². The van der Waals surface area contributed by atoms with E-state index in [4.69, 9.17) is 4.74 Å². The van der Waals surface area contributed by atoms with Crippen molar-refractivity contribution in [3.8, 4) is 0 Å². The Morgan fingerprint density at radius 2 is 1.95 bits per heavy atom. The summed E-state index contributed by atoms with van der Waals surface area (Å²) in [6.07, 6.45) is 1.32. The van der Waals surface area contributed by atoms with Crippen LogP contribution in [0, 0.1) is 11.3 Å². The Balaban J connectivity index is 1.66. The first kappa shape index (κ1) is 15.0. The lowest BCUT2D eigenvalue weighted by molar-refractivity contribution is 0.0959. The van der Waals surface area contributed by atoms with Gasteiger partial charge in [0.05, 0.1) is 6.61 Å². The van der Waals surface area contributed by atoms with Gasteiger partial charge in [0.2, 0.25) is 0 Å². The fourth-order valence-electron chi connectivity index (χ4n) is 4.24. The van der Waals surface area contributed by atoms with E-state index in [1.54, 1.807) is 0 Å². The molecule has 1 aromatic carbocycles. The van der Waals surface area contributed by atoms with E-state index in [0.717, 1.165) is 13.2 Å². The van der Waals surface area contributed by atoms with Crippen LogP contribution in [-0.4, -0.2) is 56.2 Å². The lowest BCUT2D eigenvalue weighted by Gasteiger charge is -2.30. The summed E-state index contributed by atoms with van der Waals surface area (Å²) < 4.78 is 5.51. The third kappa shape index (κ3) is 3.15. The third-order valence-electron chi connectivity index (χ3n) is 5.41. The Kier molecular flexibility index (Phi) is 4.63. The van der Waals surface area contributed by atoms with Crippen molar-refractivity contribution >= 4 is 0 Å². The maximum atomic E-state index is 5.51. The highest BCUT2D eigenvalue weighted by molar-refractivity contribution is 5.15.